The van der Waals surface area contributed by atoms with Crippen LogP contribution in [-0.4, -0.2) is 36.1 Å². The molecule has 0 unspecified atom stereocenters. The highest BCUT2D eigenvalue weighted by molar-refractivity contribution is 5.90. The minimum atomic E-state index is 0.00558. The molecule has 2 aliphatic carbocycles. The van der Waals surface area contributed by atoms with Crippen LogP contribution in [0.2, 0.25) is 0 Å². The molecule has 156 valence electrons. The summed E-state index contributed by atoms with van der Waals surface area (Å²) in [5, 5.41) is 3.23. The molecule has 2 aliphatic rings. The van der Waals surface area contributed by atoms with Crippen LogP contribution >= 0.6 is 0 Å². The standard InChI is InChI=1S/C24H39N3O/c1-4-19-26(3)21-15-13-20(14-16-21)25-23(28)27(22-11-7-5-8-12-22)24(2)17-9-6-10-18-24/h13-16,22H,4-12,17-19H2,1-3H3,(H,25,28). The molecule has 1 aromatic rings. The second kappa shape index (κ2) is 9.67. The average molecular weight is 386 g/mol. The van der Waals surface area contributed by atoms with Crippen LogP contribution in [0.1, 0.15) is 84.5 Å². The molecule has 0 heterocycles. The van der Waals surface area contributed by atoms with Gasteiger partial charge in [0.05, 0.1) is 0 Å². The third kappa shape index (κ3) is 5.01. The molecular formula is C24H39N3O. The normalized spacial score (nSPS) is 19.8. The first-order chi connectivity index (χ1) is 13.5. The van der Waals surface area contributed by atoms with Gasteiger partial charge in [-0.1, -0.05) is 45.4 Å². The summed E-state index contributed by atoms with van der Waals surface area (Å²) in [5.74, 6) is 0. The largest absolute Gasteiger partial charge is 0.375 e. The molecule has 0 radical (unpaired) electrons. The van der Waals surface area contributed by atoms with Gasteiger partial charge in [0.15, 0.2) is 0 Å². The fourth-order valence-corrected chi connectivity index (χ4v) is 5.19. The first-order valence-electron chi connectivity index (χ1n) is 11.4. The van der Waals surface area contributed by atoms with Gasteiger partial charge in [0.25, 0.3) is 0 Å². The Morgan fingerprint density at radius 2 is 1.64 bits per heavy atom. The van der Waals surface area contributed by atoms with E-state index in [9.17, 15) is 4.79 Å². The number of amides is 2. The summed E-state index contributed by atoms with van der Waals surface area (Å²) in [4.78, 5) is 17.9. The highest BCUT2D eigenvalue weighted by atomic mass is 16.2. The van der Waals surface area contributed by atoms with Crippen molar-refractivity contribution in [3.63, 3.8) is 0 Å². The first-order valence-corrected chi connectivity index (χ1v) is 11.4. The summed E-state index contributed by atoms with van der Waals surface area (Å²) >= 11 is 0. The number of nitrogens with one attached hydrogen (secondary N) is 1. The Morgan fingerprint density at radius 3 is 2.25 bits per heavy atom. The Bertz CT molecular complexity index is 615. The minimum absolute atomic E-state index is 0.00558. The molecule has 0 atom stereocenters. The van der Waals surface area contributed by atoms with E-state index in [1.807, 2.05) is 12.1 Å². The van der Waals surface area contributed by atoms with Gasteiger partial charge in [-0.15, -0.1) is 0 Å². The topological polar surface area (TPSA) is 35.6 Å². The van der Waals surface area contributed by atoms with E-state index < -0.39 is 0 Å². The van der Waals surface area contributed by atoms with Crippen LogP contribution in [0.25, 0.3) is 0 Å². The molecule has 2 fully saturated rings. The van der Waals surface area contributed by atoms with Crippen molar-refractivity contribution in [2.45, 2.75) is 96.1 Å². The number of rotatable bonds is 6. The molecule has 2 amide bonds. The molecule has 28 heavy (non-hydrogen) atoms. The molecule has 0 spiro atoms. The SMILES string of the molecule is CCCN(C)c1ccc(NC(=O)N(C2CCCCC2)C2(C)CCCCC2)cc1. The van der Waals surface area contributed by atoms with E-state index in [2.05, 4.69) is 48.1 Å². The van der Waals surface area contributed by atoms with E-state index in [1.165, 1.54) is 44.2 Å². The van der Waals surface area contributed by atoms with Crippen molar-refractivity contribution in [2.24, 2.45) is 0 Å². The van der Waals surface area contributed by atoms with E-state index in [-0.39, 0.29) is 11.6 Å². The molecule has 2 saturated carbocycles. The lowest BCUT2D eigenvalue weighted by molar-refractivity contribution is 0.0513. The summed E-state index contributed by atoms with van der Waals surface area (Å²) in [5.41, 5.74) is 2.10. The van der Waals surface area contributed by atoms with Crippen molar-refractivity contribution in [3.8, 4) is 0 Å². The molecule has 0 aromatic heterocycles. The zero-order valence-corrected chi connectivity index (χ0v) is 18.2. The van der Waals surface area contributed by atoms with Gasteiger partial charge in [0.1, 0.15) is 0 Å². The van der Waals surface area contributed by atoms with Gasteiger partial charge >= 0.3 is 6.03 Å². The summed E-state index contributed by atoms with van der Waals surface area (Å²) in [7, 11) is 2.12. The second-order valence-electron chi connectivity index (χ2n) is 9.12. The van der Waals surface area contributed by atoms with Gasteiger partial charge in [0, 0.05) is 36.5 Å². The summed E-state index contributed by atoms with van der Waals surface area (Å²) in [6, 6.07) is 8.80. The van der Waals surface area contributed by atoms with Gasteiger partial charge in [-0.25, -0.2) is 4.79 Å². The number of carbonyl (C=O) groups is 1. The van der Waals surface area contributed by atoms with Gasteiger partial charge in [-0.3, -0.25) is 0 Å². The average Bonchev–Trinajstić information content (AvgIpc) is 2.70. The zero-order valence-electron chi connectivity index (χ0n) is 18.2. The fraction of sp³-hybridized carbons (Fsp3) is 0.708. The quantitative estimate of drug-likeness (QED) is 0.613. The predicted octanol–water partition coefficient (Wildman–Crippen LogP) is 6.42. The number of carbonyl (C=O) groups excluding carboxylic acids is 1. The Balaban J connectivity index is 1.73. The van der Waals surface area contributed by atoms with Crippen LogP contribution in [0, 0.1) is 0 Å². The number of hydrogen-bond donors (Lipinski definition) is 1. The van der Waals surface area contributed by atoms with Gasteiger partial charge in [0.2, 0.25) is 0 Å². The highest BCUT2D eigenvalue weighted by Gasteiger charge is 2.40. The lowest BCUT2D eigenvalue weighted by Gasteiger charge is -2.49. The Hall–Kier alpha value is -1.71. The van der Waals surface area contributed by atoms with E-state index in [0.29, 0.717) is 6.04 Å². The van der Waals surface area contributed by atoms with Crippen LogP contribution in [0.4, 0.5) is 16.2 Å². The van der Waals surface area contributed by atoms with E-state index in [0.717, 1.165) is 44.3 Å². The number of nitrogens with zero attached hydrogens (tertiary/aromatic N) is 2. The van der Waals surface area contributed by atoms with Gasteiger partial charge in [-0.2, -0.15) is 0 Å². The lowest BCUT2D eigenvalue weighted by atomic mass is 9.79. The van der Waals surface area contributed by atoms with Crippen molar-refractivity contribution in [2.75, 3.05) is 23.8 Å². The van der Waals surface area contributed by atoms with Crippen LogP contribution in [0.15, 0.2) is 24.3 Å². The highest BCUT2D eigenvalue weighted by Crippen LogP contribution is 2.38. The van der Waals surface area contributed by atoms with Crippen LogP contribution in [0.3, 0.4) is 0 Å². The van der Waals surface area contributed by atoms with Crippen molar-refractivity contribution < 1.29 is 4.79 Å². The number of anilines is 2. The molecule has 1 N–H and O–H groups in total. The van der Waals surface area contributed by atoms with E-state index in [4.69, 9.17) is 0 Å². The molecular weight excluding hydrogens is 346 g/mol. The molecule has 4 heteroatoms. The number of hydrogen-bond acceptors (Lipinski definition) is 2. The molecule has 4 nitrogen and oxygen atoms in total. The number of urea groups is 1. The van der Waals surface area contributed by atoms with Gasteiger partial charge in [-0.05, 0) is 63.3 Å². The van der Waals surface area contributed by atoms with Crippen molar-refractivity contribution in [1.29, 1.82) is 0 Å². The zero-order chi connectivity index (χ0) is 20.0. The maximum Gasteiger partial charge on any atom is 0.322 e. The summed E-state index contributed by atoms with van der Waals surface area (Å²) in [6.07, 6.45) is 13.3. The smallest absolute Gasteiger partial charge is 0.322 e. The van der Waals surface area contributed by atoms with Crippen molar-refractivity contribution >= 4 is 17.4 Å². The minimum Gasteiger partial charge on any atom is -0.375 e. The molecule has 0 aliphatic heterocycles. The Labute approximate surface area is 171 Å². The fourth-order valence-electron chi connectivity index (χ4n) is 5.19. The maximum atomic E-state index is 13.4. The maximum absolute atomic E-state index is 13.4. The second-order valence-corrected chi connectivity index (χ2v) is 9.12. The van der Waals surface area contributed by atoms with Crippen LogP contribution < -0.4 is 10.2 Å². The number of benzene rings is 1. The summed E-state index contributed by atoms with van der Waals surface area (Å²) < 4.78 is 0. The molecule has 0 bridgehead atoms. The molecule has 1 aromatic carbocycles. The molecule has 3 rings (SSSR count). The molecule has 0 saturated heterocycles. The van der Waals surface area contributed by atoms with Crippen LogP contribution in [-0.2, 0) is 0 Å². The van der Waals surface area contributed by atoms with Crippen LogP contribution in [0.5, 0.6) is 0 Å². The van der Waals surface area contributed by atoms with Gasteiger partial charge < -0.3 is 15.1 Å². The summed E-state index contributed by atoms with van der Waals surface area (Å²) in [6.45, 7) is 5.56. The van der Waals surface area contributed by atoms with E-state index in [1.54, 1.807) is 0 Å². The first kappa shape index (κ1) is 21.0. The Kier molecular flexibility index (Phi) is 7.25. The predicted molar refractivity (Wildman–Crippen MR) is 119 cm³/mol. The van der Waals surface area contributed by atoms with Crippen molar-refractivity contribution in [3.05, 3.63) is 24.3 Å². The van der Waals surface area contributed by atoms with E-state index >= 15 is 0 Å². The van der Waals surface area contributed by atoms with Crippen molar-refractivity contribution in [1.82, 2.24) is 4.90 Å². The monoisotopic (exact) mass is 385 g/mol. The lowest BCUT2D eigenvalue weighted by Crippen LogP contribution is -2.57. The third-order valence-electron chi connectivity index (χ3n) is 6.79. The Morgan fingerprint density at radius 1 is 1.04 bits per heavy atom. The third-order valence-corrected chi connectivity index (χ3v) is 6.79.